The number of thiophene rings is 1. The molecule has 0 N–H and O–H groups in total. The van der Waals surface area contributed by atoms with Crippen LogP contribution in [-0.4, -0.2) is 7.11 Å². The summed E-state index contributed by atoms with van der Waals surface area (Å²) < 4.78 is 5.19. The second-order valence-electron chi connectivity index (χ2n) is 4.03. The molecule has 2 heteroatoms. The molecule has 0 aromatic carbocycles. The lowest BCUT2D eigenvalue weighted by molar-refractivity contribution is 0.427. The molecular weight excluding hydrogens is 168 g/mol. The van der Waals surface area contributed by atoms with Crippen LogP contribution in [0, 0.1) is 6.92 Å². The fourth-order valence-electron chi connectivity index (χ4n) is 1.30. The fourth-order valence-corrected chi connectivity index (χ4v) is 2.34. The summed E-state index contributed by atoms with van der Waals surface area (Å²) in [6.45, 7) is 8.82. The zero-order valence-corrected chi connectivity index (χ0v) is 9.21. The van der Waals surface area contributed by atoms with E-state index in [2.05, 4.69) is 33.8 Å². The number of ether oxygens (including phenoxy) is 1. The topological polar surface area (TPSA) is 9.23 Å². The van der Waals surface area contributed by atoms with Crippen LogP contribution in [0.2, 0.25) is 0 Å². The van der Waals surface area contributed by atoms with Crippen molar-refractivity contribution in [1.29, 1.82) is 0 Å². The summed E-state index contributed by atoms with van der Waals surface area (Å²) in [6, 6.07) is 2.10. The Hall–Kier alpha value is -0.500. The molecule has 0 aliphatic carbocycles. The van der Waals surface area contributed by atoms with E-state index in [1.807, 2.05) is 0 Å². The van der Waals surface area contributed by atoms with Gasteiger partial charge in [0.1, 0.15) is 0 Å². The molecule has 0 saturated carbocycles. The van der Waals surface area contributed by atoms with Crippen molar-refractivity contribution < 1.29 is 4.74 Å². The molecule has 0 aliphatic rings. The number of aryl methyl sites for hydroxylation is 1. The Kier molecular flexibility index (Phi) is 2.47. The van der Waals surface area contributed by atoms with Gasteiger partial charge in [-0.1, -0.05) is 20.8 Å². The van der Waals surface area contributed by atoms with Crippen LogP contribution in [0.5, 0.6) is 5.06 Å². The van der Waals surface area contributed by atoms with Crippen LogP contribution in [0.4, 0.5) is 0 Å². The van der Waals surface area contributed by atoms with Crippen molar-refractivity contribution in [3.8, 4) is 5.06 Å². The molecule has 1 aromatic heterocycles. The quantitative estimate of drug-likeness (QED) is 0.650. The lowest BCUT2D eigenvalue weighted by atomic mass is 9.92. The highest BCUT2D eigenvalue weighted by Gasteiger charge is 2.19. The van der Waals surface area contributed by atoms with E-state index >= 15 is 0 Å². The molecule has 0 bridgehead atoms. The first-order valence-electron chi connectivity index (χ1n) is 4.10. The van der Waals surface area contributed by atoms with Gasteiger partial charge < -0.3 is 4.74 Å². The molecule has 68 valence electrons. The van der Waals surface area contributed by atoms with Crippen LogP contribution >= 0.6 is 11.3 Å². The minimum Gasteiger partial charge on any atom is -0.487 e. The zero-order chi connectivity index (χ0) is 9.35. The summed E-state index contributed by atoms with van der Waals surface area (Å²) in [6.07, 6.45) is 0. The molecule has 0 radical (unpaired) electrons. The van der Waals surface area contributed by atoms with Crippen LogP contribution in [0.25, 0.3) is 0 Å². The van der Waals surface area contributed by atoms with E-state index in [0.717, 1.165) is 5.06 Å². The average Bonchev–Trinajstić information content (AvgIpc) is 2.29. The lowest BCUT2D eigenvalue weighted by Crippen LogP contribution is -2.09. The lowest BCUT2D eigenvalue weighted by Gasteiger charge is -2.17. The van der Waals surface area contributed by atoms with Crippen LogP contribution in [0.1, 0.15) is 31.2 Å². The van der Waals surface area contributed by atoms with Crippen molar-refractivity contribution in [3.63, 3.8) is 0 Å². The fraction of sp³-hybridized carbons (Fsp3) is 0.600. The second kappa shape index (κ2) is 3.09. The minimum atomic E-state index is 0.242. The van der Waals surface area contributed by atoms with E-state index < -0.39 is 0 Å². The van der Waals surface area contributed by atoms with E-state index in [1.54, 1.807) is 18.4 Å². The van der Waals surface area contributed by atoms with Crippen molar-refractivity contribution in [2.45, 2.75) is 33.1 Å². The van der Waals surface area contributed by atoms with E-state index in [-0.39, 0.29) is 5.41 Å². The Balaban J connectivity index is 3.08. The van der Waals surface area contributed by atoms with Gasteiger partial charge in [0.2, 0.25) is 0 Å². The standard InChI is InChI=1S/C10H16OS/c1-7-6-8(11-5)12-9(7)10(2,3)4/h6H,1-5H3. The van der Waals surface area contributed by atoms with Gasteiger partial charge >= 0.3 is 0 Å². The third-order valence-electron chi connectivity index (χ3n) is 1.78. The first kappa shape index (κ1) is 9.59. The van der Waals surface area contributed by atoms with Crippen molar-refractivity contribution in [2.24, 2.45) is 0 Å². The van der Waals surface area contributed by atoms with Gasteiger partial charge in [-0.15, -0.1) is 11.3 Å². The van der Waals surface area contributed by atoms with Gasteiger partial charge in [0.15, 0.2) is 5.06 Å². The molecular formula is C10H16OS. The third kappa shape index (κ3) is 1.81. The Bertz CT molecular complexity index is 268. The first-order chi connectivity index (χ1) is 5.45. The molecule has 1 aromatic rings. The molecule has 0 fully saturated rings. The van der Waals surface area contributed by atoms with Gasteiger partial charge in [0.05, 0.1) is 7.11 Å². The van der Waals surface area contributed by atoms with Crippen molar-refractivity contribution in [1.82, 2.24) is 0 Å². The Labute approximate surface area is 78.4 Å². The maximum Gasteiger partial charge on any atom is 0.173 e. The second-order valence-corrected chi connectivity index (χ2v) is 5.05. The van der Waals surface area contributed by atoms with Gasteiger partial charge in [-0.05, 0) is 24.0 Å². The van der Waals surface area contributed by atoms with Crippen LogP contribution in [0.15, 0.2) is 6.07 Å². The van der Waals surface area contributed by atoms with E-state index in [9.17, 15) is 0 Å². The maximum absolute atomic E-state index is 5.19. The normalized spacial score (nSPS) is 11.8. The number of rotatable bonds is 1. The first-order valence-corrected chi connectivity index (χ1v) is 4.91. The summed E-state index contributed by atoms with van der Waals surface area (Å²) in [5.74, 6) is 0. The Morgan fingerprint density at radius 1 is 1.33 bits per heavy atom. The monoisotopic (exact) mass is 184 g/mol. The van der Waals surface area contributed by atoms with Gasteiger partial charge in [-0.2, -0.15) is 0 Å². The minimum absolute atomic E-state index is 0.242. The number of hydrogen-bond acceptors (Lipinski definition) is 2. The van der Waals surface area contributed by atoms with Gasteiger partial charge in [0, 0.05) is 4.88 Å². The highest BCUT2D eigenvalue weighted by atomic mass is 32.1. The molecule has 0 saturated heterocycles. The summed E-state index contributed by atoms with van der Waals surface area (Å²) in [7, 11) is 1.72. The molecule has 1 rings (SSSR count). The maximum atomic E-state index is 5.19. The highest BCUT2D eigenvalue weighted by molar-refractivity contribution is 7.14. The number of hydrogen-bond donors (Lipinski definition) is 0. The van der Waals surface area contributed by atoms with Gasteiger partial charge in [-0.3, -0.25) is 0 Å². The van der Waals surface area contributed by atoms with Gasteiger partial charge in [-0.25, -0.2) is 0 Å². The SMILES string of the molecule is COc1cc(C)c(C(C)(C)C)s1. The van der Waals surface area contributed by atoms with Crippen LogP contribution in [0.3, 0.4) is 0 Å². The van der Waals surface area contributed by atoms with E-state index in [0.29, 0.717) is 0 Å². The summed E-state index contributed by atoms with van der Waals surface area (Å²) >= 11 is 1.74. The molecule has 1 nitrogen and oxygen atoms in total. The highest BCUT2D eigenvalue weighted by Crippen LogP contribution is 2.36. The van der Waals surface area contributed by atoms with Crippen molar-refractivity contribution in [2.75, 3.05) is 7.11 Å². The molecule has 12 heavy (non-hydrogen) atoms. The summed E-state index contributed by atoms with van der Waals surface area (Å²) in [5, 5.41) is 1.01. The smallest absolute Gasteiger partial charge is 0.173 e. The molecule has 0 aliphatic heterocycles. The van der Waals surface area contributed by atoms with Crippen LogP contribution in [-0.2, 0) is 5.41 Å². The Morgan fingerprint density at radius 3 is 2.17 bits per heavy atom. The Morgan fingerprint density at radius 2 is 1.92 bits per heavy atom. The van der Waals surface area contributed by atoms with Crippen LogP contribution < -0.4 is 4.74 Å². The van der Waals surface area contributed by atoms with Crippen molar-refractivity contribution in [3.05, 3.63) is 16.5 Å². The summed E-state index contributed by atoms with van der Waals surface area (Å²) in [4.78, 5) is 1.42. The third-order valence-corrected chi connectivity index (χ3v) is 3.40. The summed E-state index contributed by atoms with van der Waals surface area (Å²) in [5.41, 5.74) is 1.58. The average molecular weight is 184 g/mol. The molecule has 0 unspecified atom stereocenters. The predicted molar refractivity (Wildman–Crippen MR) is 54.3 cm³/mol. The number of methoxy groups -OCH3 is 1. The largest absolute Gasteiger partial charge is 0.487 e. The van der Waals surface area contributed by atoms with Gasteiger partial charge in [0.25, 0.3) is 0 Å². The molecule has 0 atom stereocenters. The zero-order valence-electron chi connectivity index (χ0n) is 8.39. The van der Waals surface area contributed by atoms with Crippen molar-refractivity contribution >= 4 is 11.3 Å². The van der Waals surface area contributed by atoms with E-state index in [1.165, 1.54) is 10.4 Å². The van der Waals surface area contributed by atoms with E-state index in [4.69, 9.17) is 4.74 Å². The molecule has 0 amide bonds. The predicted octanol–water partition coefficient (Wildman–Crippen LogP) is 3.36. The molecule has 1 heterocycles. The molecule has 0 spiro atoms.